The number of nitrogens with one attached hydrogen (secondary N) is 3. The molecule has 0 fully saturated rings. The number of aliphatic hydroxyl groups excluding tert-OH is 1. The fraction of sp³-hybridized carbons (Fsp3) is 0.800. The molecule has 0 unspecified atom stereocenters. The van der Waals surface area contributed by atoms with Gasteiger partial charge in [0.25, 0.3) is 0 Å². The molecule has 0 aromatic carbocycles. The number of thiocarbonyl (C=S) groups is 1. The highest BCUT2D eigenvalue weighted by Crippen LogP contribution is 1.71. The van der Waals surface area contributed by atoms with E-state index in [9.17, 15) is 0 Å². The first-order valence-corrected chi connectivity index (χ1v) is 3.53. The molecule has 10 heavy (non-hydrogen) atoms. The van der Waals surface area contributed by atoms with Gasteiger partial charge in [-0.15, -0.1) is 0 Å². The molecule has 0 spiro atoms. The smallest absolute Gasteiger partial charge is 0.180 e. The highest BCUT2D eigenvalue weighted by Gasteiger charge is 1.89. The highest BCUT2D eigenvalue weighted by molar-refractivity contribution is 7.80. The normalized spacial score (nSPS) is 9.00. The molecule has 0 aliphatic rings. The van der Waals surface area contributed by atoms with Gasteiger partial charge >= 0.3 is 0 Å². The second kappa shape index (κ2) is 6.73. The SMILES string of the molecule is CNNC(=S)NCCCO. The van der Waals surface area contributed by atoms with Crippen molar-refractivity contribution < 1.29 is 5.11 Å². The molecule has 60 valence electrons. The molecular formula is C5H13N3OS. The van der Waals surface area contributed by atoms with E-state index in [1.807, 2.05) is 0 Å². The zero-order valence-corrected chi connectivity index (χ0v) is 6.79. The second-order valence-electron chi connectivity index (χ2n) is 1.71. The van der Waals surface area contributed by atoms with Crippen LogP contribution < -0.4 is 16.2 Å². The van der Waals surface area contributed by atoms with Crippen molar-refractivity contribution in [3.63, 3.8) is 0 Å². The fourth-order valence-electron chi connectivity index (χ4n) is 0.439. The largest absolute Gasteiger partial charge is 0.396 e. The van der Waals surface area contributed by atoms with Crippen LogP contribution in [0.4, 0.5) is 0 Å². The van der Waals surface area contributed by atoms with E-state index in [4.69, 9.17) is 17.3 Å². The fourth-order valence-corrected chi connectivity index (χ4v) is 0.643. The molecule has 0 aliphatic heterocycles. The zero-order valence-electron chi connectivity index (χ0n) is 5.98. The molecule has 5 heteroatoms. The van der Waals surface area contributed by atoms with Crippen LogP contribution in [0.5, 0.6) is 0 Å². The van der Waals surface area contributed by atoms with Gasteiger partial charge in [0.2, 0.25) is 0 Å². The minimum absolute atomic E-state index is 0.190. The molecule has 0 bridgehead atoms. The Morgan fingerprint density at radius 3 is 2.80 bits per heavy atom. The van der Waals surface area contributed by atoms with Crippen LogP contribution in [0, 0.1) is 0 Å². The molecule has 0 heterocycles. The van der Waals surface area contributed by atoms with E-state index in [2.05, 4.69) is 16.2 Å². The average Bonchev–Trinajstić information content (AvgIpc) is 1.89. The third-order valence-electron chi connectivity index (χ3n) is 0.859. The summed E-state index contributed by atoms with van der Waals surface area (Å²) in [5.74, 6) is 0. The summed E-state index contributed by atoms with van der Waals surface area (Å²) in [6.45, 7) is 0.888. The van der Waals surface area contributed by atoms with Gasteiger partial charge in [-0.25, -0.2) is 5.43 Å². The van der Waals surface area contributed by atoms with Crippen molar-refractivity contribution in [2.45, 2.75) is 6.42 Å². The molecule has 0 rings (SSSR count). The standard InChI is InChI=1S/C5H13N3OS/c1-6-8-5(10)7-3-2-4-9/h6,9H,2-4H2,1H3,(H2,7,8,10). The van der Waals surface area contributed by atoms with E-state index in [-0.39, 0.29) is 6.61 Å². The number of rotatable bonds is 4. The summed E-state index contributed by atoms with van der Waals surface area (Å²) in [7, 11) is 1.74. The summed E-state index contributed by atoms with van der Waals surface area (Å²) >= 11 is 4.80. The second-order valence-corrected chi connectivity index (χ2v) is 2.12. The van der Waals surface area contributed by atoms with Crippen LogP contribution in [0.25, 0.3) is 0 Å². The third-order valence-corrected chi connectivity index (χ3v) is 1.11. The minimum atomic E-state index is 0.190. The van der Waals surface area contributed by atoms with Gasteiger partial charge in [0, 0.05) is 20.2 Å². The number of aliphatic hydroxyl groups is 1. The predicted molar refractivity (Wildman–Crippen MR) is 44.5 cm³/mol. The first kappa shape index (κ1) is 9.61. The van der Waals surface area contributed by atoms with Crippen LogP contribution in [0.1, 0.15) is 6.42 Å². The van der Waals surface area contributed by atoms with Gasteiger partial charge in [0.05, 0.1) is 0 Å². The highest BCUT2D eigenvalue weighted by atomic mass is 32.1. The molecule has 4 nitrogen and oxygen atoms in total. The van der Waals surface area contributed by atoms with Gasteiger partial charge in [-0.1, -0.05) is 0 Å². The molecule has 4 N–H and O–H groups in total. The first-order valence-electron chi connectivity index (χ1n) is 3.12. The van der Waals surface area contributed by atoms with Crippen LogP contribution in [-0.4, -0.2) is 30.4 Å². The van der Waals surface area contributed by atoms with Crippen molar-refractivity contribution in [2.75, 3.05) is 20.2 Å². The molecule has 0 atom stereocenters. The Hall–Kier alpha value is -0.390. The van der Waals surface area contributed by atoms with E-state index < -0.39 is 0 Å². The van der Waals surface area contributed by atoms with Gasteiger partial charge in [-0.3, -0.25) is 5.43 Å². The lowest BCUT2D eigenvalue weighted by Gasteiger charge is -2.07. The van der Waals surface area contributed by atoms with E-state index in [1.165, 1.54) is 0 Å². The summed E-state index contributed by atoms with van der Waals surface area (Å²) in [4.78, 5) is 0. The Kier molecular flexibility index (Phi) is 6.46. The van der Waals surface area contributed by atoms with Gasteiger partial charge in [0.1, 0.15) is 0 Å². The Morgan fingerprint density at radius 1 is 1.60 bits per heavy atom. The van der Waals surface area contributed by atoms with Crippen LogP contribution in [0.3, 0.4) is 0 Å². The number of hydrogen-bond acceptors (Lipinski definition) is 3. The summed E-state index contributed by atoms with van der Waals surface area (Å²) in [5, 5.41) is 11.8. The van der Waals surface area contributed by atoms with Gasteiger partial charge in [-0.2, -0.15) is 0 Å². The molecule has 0 radical (unpaired) electrons. The van der Waals surface area contributed by atoms with Crippen molar-refractivity contribution in [1.29, 1.82) is 0 Å². The Balaban J connectivity index is 3.05. The quantitative estimate of drug-likeness (QED) is 0.242. The monoisotopic (exact) mass is 163 g/mol. The van der Waals surface area contributed by atoms with E-state index >= 15 is 0 Å². The average molecular weight is 163 g/mol. The molecule has 0 aromatic rings. The molecule has 0 amide bonds. The molecule has 0 saturated heterocycles. The Bertz CT molecular complexity index is 98.9. The molecule has 0 saturated carbocycles. The molecule has 0 aromatic heterocycles. The lowest BCUT2D eigenvalue weighted by Crippen LogP contribution is -2.42. The maximum Gasteiger partial charge on any atom is 0.180 e. The lowest BCUT2D eigenvalue weighted by molar-refractivity contribution is 0.289. The van der Waals surface area contributed by atoms with Gasteiger partial charge < -0.3 is 10.4 Å². The summed E-state index contributed by atoms with van der Waals surface area (Å²) in [6.07, 6.45) is 0.714. The number of hydrogen-bond donors (Lipinski definition) is 4. The summed E-state index contributed by atoms with van der Waals surface area (Å²) in [6, 6.07) is 0. The van der Waals surface area contributed by atoms with Crippen LogP contribution in [-0.2, 0) is 0 Å². The first-order chi connectivity index (χ1) is 4.81. The summed E-state index contributed by atoms with van der Waals surface area (Å²) < 4.78 is 0. The van der Waals surface area contributed by atoms with Gasteiger partial charge in [0.15, 0.2) is 5.11 Å². The van der Waals surface area contributed by atoms with E-state index in [0.717, 1.165) is 0 Å². The van der Waals surface area contributed by atoms with Crippen LogP contribution >= 0.6 is 12.2 Å². The summed E-state index contributed by atoms with van der Waals surface area (Å²) in [5.41, 5.74) is 5.37. The Morgan fingerprint density at radius 2 is 2.30 bits per heavy atom. The van der Waals surface area contributed by atoms with Crippen LogP contribution in [0.15, 0.2) is 0 Å². The van der Waals surface area contributed by atoms with Crippen molar-refractivity contribution in [2.24, 2.45) is 0 Å². The maximum atomic E-state index is 8.39. The topological polar surface area (TPSA) is 56.3 Å². The van der Waals surface area contributed by atoms with Crippen molar-refractivity contribution in [3.8, 4) is 0 Å². The van der Waals surface area contributed by atoms with Crippen molar-refractivity contribution in [1.82, 2.24) is 16.2 Å². The maximum absolute atomic E-state index is 8.39. The van der Waals surface area contributed by atoms with E-state index in [0.29, 0.717) is 18.1 Å². The lowest BCUT2D eigenvalue weighted by atomic mass is 10.5. The van der Waals surface area contributed by atoms with Crippen LogP contribution in [0.2, 0.25) is 0 Å². The van der Waals surface area contributed by atoms with Crippen molar-refractivity contribution >= 4 is 17.3 Å². The third kappa shape index (κ3) is 5.74. The zero-order chi connectivity index (χ0) is 7.82. The molecule has 0 aliphatic carbocycles. The van der Waals surface area contributed by atoms with E-state index in [1.54, 1.807) is 7.05 Å². The van der Waals surface area contributed by atoms with Gasteiger partial charge in [-0.05, 0) is 18.6 Å². The van der Waals surface area contributed by atoms with Crippen molar-refractivity contribution in [3.05, 3.63) is 0 Å². The minimum Gasteiger partial charge on any atom is -0.396 e. The number of hydrazine groups is 1. The predicted octanol–water partition coefficient (Wildman–Crippen LogP) is -1.03. The Labute approximate surface area is 66.0 Å². The molecular weight excluding hydrogens is 150 g/mol.